The van der Waals surface area contributed by atoms with E-state index in [4.69, 9.17) is 4.74 Å². The van der Waals surface area contributed by atoms with Crippen molar-refractivity contribution in [2.24, 2.45) is 4.99 Å². The van der Waals surface area contributed by atoms with Gasteiger partial charge in [0.2, 0.25) is 5.90 Å². The van der Waals surface area contributed by atoms with Gasteiger partial charge < -0.3 is 4.74 Å². The minimum atomic E-state index is -0.411. The molecule has 0 unspecified atom stereocenters. The predicted molar refractivity (Wildman–Crippen MR) is 88.5 cm³/mol. The normalized spacial score (nSPS) is 21.4. The van der Waals surface area contributed by atoms with Gasteiger partial charge >= 0.3 is 0 Å². The minimum Gasteiger partial charge on any atom is -0.463 e. The van der Waals surface area contributed by atoms with Crippen LogP contribution in [0.4, 0.5) is 0 Å². The van der Waals surface area contributed by atoms with Gasteiger partial charge in [0.15, 0.2) is 5.60 Å². The smallest absolute Gasteiger partial charge is 0.217 e. The van der Waals surface area contributed by atoms with Crippen molar-refractivity contribution in [3.05, 3.63) is 70.2 Å². The number of halogens is 2. The molecule has 1 heterocycles. The van der Waals surface area contributed by atoms with Crippen LogP contribution in [0.25, 0.3) is 0 Å². The van der Waals surface area contributed by atoms with Crippen LogP contribution in [0.5, 0.6) is 0 Å². The number of hydrogen-bond donors (Lipinski definition) is 0. The first-order valence-electron chi connectivity index (χ1n) is 6.34. The summed E-state index contributed by atoms with van der Waals surface area (Å²) in [4.78, 5) is 4.58. The second-order valence-corrected chi connectivity index (χ2v) is 6.20. The van der Waals surface area contributed by atoms with Crippen LogP contribution in [0.1, 0.15) is 11.1 Å². The van der Waals surface area contributed by atoms with E-state index in [1.807, 2.05) is 42.5 Å². The fourth-order valence-electron chi connectivity index (χ4n) is 2.23. The van der Waals surface area contributed by atoms with Gasteiger partial charge in [-0.15, -0.1) is 0 Å². The average molecular weight is 395 g/mol. The quantitative estimate of drug-likeness (QED) is 0.701. The van der Waals surface area contributed by atoms with Gasteiger partial charge in [-0.1, -0.05) is 62.2 Å². The summed E-state index contributed by atoms with van der Waals surface area (Å²) in [5, 5.41) is 0.710. The van der Waals surface area contributed by atoms with Gasteiger partial charge in [-0.25, -0.2) is 4.99 Å². The summed E-state index contributed by atoms with van der Waals surface area (Å²) in [6.07, 6.45) is 0. The van der Waals surface area contributed by atoms with Crippen molar-refractivity contribution in [1.29, 1.82) is 0 Å². The molecule has 0 radical (unpaired) electrons. The lowest BCUT2D eigenvalue weighted by molar-refractivity contribution is 0.115. The zero-order valence-electron chi connectivity index (χ0n) is 10.7. The first-order valence-corrected chi connectivity index (χ1v) is 8.26. The molecule has 102 valence electrons. The van der Waals surface area contributed by atoms with E-state index >= 15 is 0 Å². The van der Waals surface area contributed by atoms with Gasteiger partial charge in [0, 0.05) is 15.4 Å². The molecule has 2 aromatic rings. The van der Waals surface area contributed by atoms with Crippen LogP contribution in [-0.4, -0.2) is 17.8 Å². The Hall–Kier alpha value is -1.13. The van der Waals surface area contributed by atoms with Crippen molar-refractivity contribution in [2.75, 3.05) is 11.9 Å². The fourth-order valence-corrected chi connectivity index (χ4v) is 3.11. The Morgan fingerprint density at radius 3 is 2.40 bits per heavy atom. The van der Waals surface area contributed by atoms with Gasteiger partial charge in [0.25, 0.3) is 0 Å². The van der Waals surface area contributed by atoms with E-state index in [9.17, 15) is 0 Å². The molecule has 0 aliphatic carbocycles. The van der Waals surface area contributed by atoms with E-state index in [2.05, 4.69) is 49.0 Å². The first kappa shape index (κ1) is 13.8. The topological polar surface area (TPSA) is 21.6 Å². The van der Waals surface area contributed by atoms with Crippen molar-refractivity contribution in [1.82, 2.24) is 0 Å². The molecule has 2 nitrogen and oxygen atoms in total. The zero-order chi connectivity index (χ0) is 14.0. The summed E-state index contributed by atoms with van der Waals surface area (Å²) in [7, 11) is 0. The maximum Gasteiger partial charge on any atom is 0.217 e. The van der Waals surface area contributed by atoms with E-state index < -0.39 is 5.60 Å². The third kappa shape index (κ3) is 2.54. The highest BCUT2D eigenvalue weighted by Gasteiger charge is 2.39. The van der Waals surface area contributed by atoms with Gasteiger partial charge in [-0.05, 0) is 29.8 Å². The molecule has 4 heteroatoms. The first-order chi connectivity index (χ1) is 9.73. The Kier molecular flexibility index (Phi) is 3.94. The molecule has 0 spiro atoms. The minimum absolute atomic E-state index is 0.411. The third-order valence-corrected chi connectivity index (χ3v) is 4.81. The average Bonchev–Trinajstić information content (AvgIpc) is 2.95. The SMILES string of the molecule is BrC[C@@]1(c2ccc(Br)cc2)CN=C(c2ccccc2)O1. The molecule has 0 N–H and O–H groups in total. The van der Waals surface area contributed by atoms with Crippen molar-refractivity contribution in [3.8, 4) is 0 Å². The molecular formula is C16H13Br2NO. The summed E-state index contributed by atoms with van der Waals surface area (Å²) < 4.78 is 7.26. The Morgan fingerprint density at radius 1 is 1.05 bits per heavy atom. The predicted octanol–water partition coefficient (Wildman–Crippen LogP) is 4.52. The lowest BCUT2D eigenvalue weighted by Crippen LogP contribution is -2.32. The number of rotatable bonds is 3. The lowest BCUT2D eigenvalue weighted by atomic mass is 9.96. The lowest BCUT2D eigenvalue weighted by Gasteiger charge is -2.26. The number of ether oxygens (including phenoxy) is 1. The van der Waals surface area contributed by atoms with Crippen molar-refractivity contribution >= 4 is 37.8 Å². The van der Waals surface area contributed by atoms with Crippen LogP contribution in [0, 0.1) is 0 Å². The van der Waals surface area contributed by atoms with E-state index in [1.165, 1.54) is 0 Å². The summed E-state index contributed by atoms with van der Waals surface area (Å²) >= 11 is 7.04. The summed E-state index contributed by atoms with van der Waals surface area (Å²) in [5.41, 5.74) is 1.74. The molecule has 0 saturated carbocycles. The molecule has 1 aliphatic heterocycles. The number of nitrogens with zero attached hydrogens (tertiary/aromatic N) is 1. The molecule has 0 saturated heterocycles. The zero-order valence-corrected chi connectivity index (χ0v) is 13.9. The molecular weight excluding hydrogens is 382 g/mol. The second kappa shape index (κ2) is 5.70. The highest BCUT2D eigenvalue weighted by molar-refractivity contribution is 9.10. The van der Waals surface area contributed by atoms with Crippen LogP contribution < -0.4 is 0 Å². The monoisotopic (exact) mass is 393 g/mol. The summed E-state index contributed by atoms with van der Waals surface area (Å²) in [6, 6.07) is 18.2. The summed E-state index contributed by atoms with van der Waals surface area (Å²) in [6.45, 7) is 0.629. The molecule has 2 aromatic carbocycles. The van der Waals surface area contributed by atoms with Gasteiger partial charge in [0.05, 0.1) is 6.54 Å². The molecule has 3 rings (SSSR count). The second-order valence-electron chi connectivity index (χ2n) is 4.72. The number of benzene rings is 2. The Balaban J connectivity index is 1.89. The van der Waals surface area contributed by atoms with Gasteiger partial charge in [0.1, 0.15) is 0 Å². The van der Waals surface area contributed by atoms with E-state index in [0.717, 1.165) is 15.6 Å². The van der Waals surface area contributed by atoms with E-state index in [0.29, 0.717) is 17.8 Å². The van der Waals surface area contributed by atoms with Crippen LogP contribution in [0.3, 0.4) is 0 Å². The van der Waals surface area contributed by atoms with E-state index in [1.54, 1.807) is 0 Å². The number of alkyl halides is 1. The molecule has 0 aromatic heterocycles. The van der Waals surface area contributed by atoms with Crippen molar-refractivity contribution < 1.29 is 4.74 Å². The molecule has 20 heavy (non-hydrogen) atoms. The Morgan fingerprint density at radius 2 is 1.75 bits per heavy atom. The largest absolute Gasteiger partial charge is 0.463 e. The van der Waals surface area contributed by atoms with Crippen LogP contribution in [0.2, 0.25) is 0 Å². The number of hydrogen-bond acceptors (Lipinski definition) is 2. The Bertz CT molecular complexity index is 625. The fraction of sp³-hybridized carbons (Fsp3) is 0.188. The molecule has 1 atom stereocenters. The maximum absolute atomic E-state index is 6.20. The molecule has 0 bridgehead atoms. The Labute approximate surface area is 135 Å². The van der Waals surface area contributed by atoms with Gasteiger partial charge in [-0.3, -0.25) is 0 Å². The summed E-state index contributed by atoms with van der Waals surface area (Å²) in [5.74, 6) is 0.716. The van der Waals surface area contributed by atoms with Crippen LogP contribution >= 0.6 is 31.9 Å². The van der Waals surface area contributed by atoms with Crippen molar-refractivity contribution in [2.45, 2.75) is 5.60 Å². The van der Waals surface area contributed by atoms with E-state index in [-0.39, 0.29) is 0 Å². The van der Waals surface area contributed by atoms with Crippen molar-refractivity contribution in [3.63, 3.8) is 0 Å². The number of aliphatic imine (C=N–C) groups is 1. The maximum atomic E-state index is 6.20. The molecule has 1 aliphatic rings. The highest BCUT2D eigenvalue weighted by atomic mass is 79.9. The van der Waals surface area contributed by atoms with Crippen LogP contribution in [-0.2, 0) is 10.3 Å². The third-order valence-electron chi connectivity index (χ3n) is 3.38. The molecule has 0 fully saturated rings. The standard InChI is InChI=1S/C16H13Br2NO/c17-10-16(13-6-8-14(18)9-7-13)11-19-15(20-16)12-4-2-1-3-5-12/h1-9H,10-11H2/t16-/m0/s1. The van der Waals surface area contributed by atoms with Gasteiger partial charge in [-0.2, -0.15) is 0 Å². The molecule has 0 amide bonds. The van der Waals surface area contributed by atoms with Crippen LogP contribution in [0.15, 0.2) is 64.1 Å². The highest BCUT2D eigenvalue weighted by Crippen LogP contribution is 2.34.